The van der Waals surface area contributed by atoms with Crippen LogP contribution in [0.1, 0.15) is 16.8 Å². The largest absolute Gasteiger partial charge is 0.338 e. The lowest BCUT2D eigenvalue weighted by Crippen LogP contribution is -2.38. The Bertz CT molecular complexity index is 704. The van der Waals surface area contributed by atoms with Gasteiger partial charge in [-0.05, 0) is 28.4 Å². The third-order valence-electron chi connectivity index (χ3n) is 3.47. The van der Waals surface area contributed by atoms with Crippen molar-refractivity contribution in [1.29, 1.82) is 0 Å². The van der Waals surface area contributed by atoms with E-state index in [2.05, 4.69) is 15.9 Å². The van der Waals surface area contributed by atoms with Gasteiger partial charge in [0, 0.05) is 29.7 Å². The molecule has 0 bridgehead atoms. The highest BCUT2D eigenvalue weighted by Crippen LogP contribution is 2.25. The molecule has 1 aliphatic heterocycles. The summed E-state index contributed by atoms with van der Waals surface area (Å²) in [7, 11) is -1.59. The number of non-ortho nitro benzene ring substituents is 1. The second-order valence-electron chi connectivity index (χ2n) is 4.89. The SMILES string of the molecule is CN(C(=O)c1cc([N+](=O)[O-])ccc1Br)C1CCS(=O)(=O)C1. The molecule has 0 N–H and O–H groups in total. The molecular weight excluding hydrogens is 364 g/mol. The Morgan fingerprint density at radius 3 is 2.67 bits per heavy atom. The predicted octanol–water partition coefficient (Wildman–Crippen LogP) is 1.62. The van der Waals surface area contributed by atoms with Crippen molar-refractivity contribution in [3.63, 3.8) is 0 Å². The topological polar surface area (TPSA) is 97.6 Å². The third-order valence-corrected chi connectivity index (χ3v) is 5.91. The fourth-order valence-corrected chi connectivity index (χ4v) is 4.42. The van der Waals surface area contributed by atoms with Crippen molar-refractivity contribution >= 4 is 37.4 Å². The number of hydrogen-bond acceptors (Lipinski definition) is 5. The van der Waals surface area contributed by atoms with Gasteiger partial charge in [-0.25, -0.2) is 8.42 Å². The fourth-order valence-electron chi connectivity index (χ4n) is 2.23. The molecule has 1 aliphatic rings. The second kappa shape index (κ2) is 5.72. The summed E-state index contributed by atoms with van der Waals surface area (Å²) < 4.78 is 23.4. The number of hydrogen-bond donors (Lipinski definition) is 0. The van der Waals surface area contributed by atoms with Crippen LogP contribution in [0.4, 0.5) is 5.69 Å². The molecular formula is C12H13BrN2O5S. The highest BCUT2D eigenvalue weighted by atomic mass is 79.9. The fraction of sp³-hybridized carbons (Fsp3) is 0.417. The first kappa shape index (κ1) is 15.9. The van der Waals surface area contributed by atoms with Crippen molar-refractivity contribution in [2.24, 2.45) is 0 Å². The first-order chi connectivity index (χ1) is 9.71. The quantitative estimate of drug-likeness (QED) is 0.589. The van der Waals surface area contributed by atoms with Gasteiger partial charge in [0.05, 0.1) is 22.0 Å². The standard InChI is InChI=1S/C12H13BrN2O5S/c1-14(9-4-5-21(19,20)7-9)12(16)10-6-8(15(17)18)2-3-11(10)13/h2-3,6,9H,4-5,7H2,1H3. The van der Waals surface area contributed by atoms with E-state index in [1.807, 2.05) is 0 Å². The lowest BCUT2D eigenvalue weighted by Gasteiger charge is -2.23. The van der Waals surface area contributed by atoms with Crippen LogP contribution in [-0.2, 0) is 9.84 Å². The lowest BCUT2D eigenvalue weighted by atomic mass is 10.1. The summed E-state index contributed by atoms with van der Waals surface area (Å²) in [6, 6.07) is 3.52. The van der Waals surface area contributed by atoms with Gasteiger partial charge in [0.15, 0.2) is 9.84 Å². The van der Waals surface area contributed by atoms with Crippen LogP contribution in [0.3, 0.4) is 0 Å². The van der Waals surface area contributed by atoms with Crippen molar-refractivity contribution in [1.82, 2.24) is 4.90 Å². The van der Waals surface area contributed by atoms with Gasteiger partial charge in [-0.15, -0.1) is 0 Å². The minimum Gasteiger partial charge on any atom is -0.338 e. The molecule has 1 aromatic carbocycles. The van der Waals surface area contributed by atoms with E-state index in [0.29, 0.717) is 10.9 Å². The zero-order valence-electron chi connectivity index (χ0n) is 11.2. The molecule has 1 aromatic rings. The smallest absolute Gasteiger partial charge is 0.270 e. The molecule has 0 saturated carbocycles. The van der Waals surface area contributed by atoms with Gasteiger partial charge in [0.1, 0.15) is 0 Å². The van der Waals surface area contributed by atoms with Crippen LogP contribution in [0.25, 0.3) is 0 Å². The van der Waals surface area contributed by atoms with Gasteiger partial charge in [-0.3, -0.25) is 14.9 Å². The van der Waals surface area contributed by atoms with Crippen LogP contribution < -0.4 is 0 Å². The molecule has 0 aromatic heterocycles. The maximum atomic E-state index is 12.4. The lowest BCUT2D eigenvalue weighted by molar-refractivity contribution is -0.384. The minimum atomic E-state index is -3.10. The van der Waals surface area contributed by atoms with Crippen LogP contribution in [-0.4, -0.2) is 48.7 Å². The Morgan fingerprint density at radius 1 is 1.48 bits per heavy atom. The van der Waals surface area contributed by atoms with Crippen LogP contribution in [0.15, 0.2) is 22.7 Å². The number of benzene rings is 1. The van der Waals surface area contributed by atoms with E-state index in [1.54, 1.807) is 0 Å². The summed E-state index contributed by atoms with van der Waals surface area (Å²) in [6.07, 6.45) is 0.386. The molecule has 1 amide bonds. The molecule has 0 aliphatic carbocycles. The van der Waals surface area contributed by atoms with E-state index in [-0.39, 0.29) is 22.8 Å². The van der Waals surface area contributed by atoms with Crippen molar-refractivity contribution in [2.75, 3.05) is 18.6 Å². The number of carbonyl (C=O) groups excluding carboxylic acids is 1. The molecule has 0 spiro atoms. The van der Waals surface area contributed by atoms with Crippen LogP contribution >= 0.6 is 15.9 Å². The maximum absolute atomic E-state index is 12.4. The molecule has 114 valence electrons. The summed E-state index contributed by atoms with van der Waals surface area (Å²) in [5, 5.41) is 10.8. The van der Waals surface area contributed by atoms with Gasteiger partial charge in [-0.2, -0.15) is 0 Å². The molecule has 7 nitrogen and oxygen atoms in total. The number of nitrogens with zero attached hydrogens (tertiary/aromatic N) is 2. The monoisotopic (exact) mass is 376 g/mol. The van der Waals surface area contributed by atoms with Crippen molar-refractivity contribution < 1.29 is 18.1 Å². The van der Waals surface area contributed by atoms with E-state index >= 15 is 0 Å². The van der Waals surface area contributed by atoms with Crippen LogP contribution in [0.2, 0.25) is 0 Å². The number of rotatable bonds is 3. The molecule has 1 atom stereocenters. The molecule has 2 rings (SSSR count). The molecule has 21 heavy (non-hydrogen) atoms. The molecule has 1 heterocycles. The summed E-state index contributed by atoms with van der Waals surface area (Å²) in [4.78, 5) is 24.0. The highest BCUT2D eigenvalue weighted by Gasteiger charge is 2.33. The minimum absolute atomic E-state index is 0.0609. The van der Waals surface area contributed by atoms with Gasteiger partial charge in [0.2, 0.25) is 0 Å². The van der Waals surface area contributed by atoms with Crippen LogP contribution in [0, 0.1) is 10.1 Å². The zero-order valence-corrected chi connectivity index (χ0v) is 13.6. The van der Waals surface area contributed by atoms with Gasteiger partial charge in [0.25, 0.3) is 11.6 Å². The number of nitro benzene ring substituents is 1. The summed E-state index contributed by atoms with van der Waals surface area (Å²) in [6.45, 7) is 0. The number of amides is 1. The normalized spacial score (nSPS) is 20.2. The number of carbonyl (C=O) groups is 1. The first-order valence-corrected chi connectivity index (χ1v) is 8.74. The van der Waals surface area contributed by atoms with E-state index in [0.717, 1.165) is 0 Å². The average molecular weight is 377 g/mol. The number of sulfone groups is 1. The van der Waals surface area contributed by atoms with Crippen molar-refractivity contribution in [3.05, 3.63) is 38.3 Å². The van der Waals surface area contributed by atoms with E-state index in [9.17, 15) is 23.3 Å². The highest BCUT2D eigenvalue weighted by molar-refractivity contribution is 9.10. The van der Waals surface area contributed by atoms with E-state index in [1.165, 1.54) is 30.1 Å². The van der Waals surface area contributed by atoms with Gasteiger partial charge < -0.3 is 4.90 Å². The molecule has 1 saturated heterocycles. The Morgan fingerprint density at radius 2 is 2.14 bits per heavy atom. The van der Waals surface area contributed by atoms with Crippen molar-refractivity contribution in [2.45, 2.75) is 12.5 Å². The van der Waals surface area contributed by atoms with E-state index < -0.39 is 26.7 Å². The Balaban J connectivity index is 2.27. The van der Waals surface area contributed by atoms with Gasteiger partial charge >= 0.3 is 0 Å². The molecule has 1 unspecified atom stereocenters. The molecule has 1 fully saturated rings. The summed E-state index contributed by atoms with van der Waals surface area (Å²) >= 11 is 3.19. The summed E-state index contributed by atoms with van der Waals surface area (Å²) in [5.41, 5.74) is -0.0370. The van der Waals surface area contributed by atoms with Crippen LogP contribution in [0.5, 0.6) is 0 Å². The summed E-state index contributed by atoms with van der Waals surface area (Å²) in [5.74, 6) is -0.444. The first-order valence-electron chi connectivity index (χ1n) is 6.13. The van der Waals surface area contributed by atoms with Crippen molar-refractivity contribution in [3.8, 4) is 0 Å². The Kier molecular flexibility index (Phi) is 4.33. The van der Waals surface area contributed by atoms with Gasteiger partial charge in [-0.1, -0.05) is 0 Å². The Hall–Kier alpha value is -1.48. The predicted molar refractivity (Wildman–Crippen MR) is 79.9 cm³/mol. The molecule has 9 heteroatoms. The average Bonchev–Trinajstić information content (AvgIpc) is 2.77. The maximum Gasteiger partial charge on any atom is 0.270 e. The Labute approximate surface area is 130 Å². The second-order valence-corrected chi connectivity index (χ2v) is 7.98. The third kappa shape index (κ3) is 3.41. The number of halogens is 1. The van der Waals surface area contributed by atoms with E-state index in [4.69, 9.17) is 0 Å². The molecule has 0 radical (unpaired) electrons. The zero-order chi connectivity index (χ0) is 15.8. The number of nitro groups is 1.